The molecular formula is C14H26N2O3. The second kappa shape index (κ2) is 6.37. The molecule has 1 aliphatic rings. The Morgan fingerprint density at radius 2 is 2.11 bits per heavy atom. The molecule has 1 amide bonds. The van der Waals surface area contributed by atoms with E-state index in [2.05, 4.69) is 5.32 Å². The average Bonchev–Trinajstić information content (AvgIpc) is 2.68. The molecule has 0 aromatic rings. The summed E-state index contributed by atoms with van der Waals surface area (Å²) in [4.78, 5) is 24.1. The van der Waals surface area contributed by atoms with Crippen LogP contribution in [0.5, 0.6) is 0 Å². The molecule has 5 nitrogen and oxygen atoms in total. The number of ether oxygens (including phenoxy) is 1. The molecule has 0 radical (unpaired) electrons. The van der Waals surface area contributed by atoms with Gasteiger partial charge in [-0.15, -0.1) is 0 Å². The number of rotatable bonds is 5. The van der Waals surface area contributed by atoms with Gasteiger partial charge < -0.3 is 15.8 Å². The first-order chi connectivity index (χ1) is 8.81. The van der Waals surface area contributed by atoms with E-state index in [1.54, 1.807) is 0 Å². The molecule has 19 heavy (non-hydrogen) atoms. The van der Waals surface area contributed by atoms with Crippen LogP contribution >= 0.6 is 0 Å². The van der Waals surface area contributed by atoms with Crippen LogP contribution in [0.1, 0.15) is 46.5 Å². The van der Waals surface area contributed by atoms with Crippen LogP contribution in [0.2, 0.25) is 0 Å². The maximum Gasteiger partial charge on any atom is 0.328 e. The monoisotopic (exact) mass is 270 g/mol. The van der Waals surface area contributed by atoms with Crippen molar-refractivity contribution in [2.24, 2.45) is 17.1 Å². The van der Waals surface area contributed by atoms with Gasteiger partial charge in [-0.1, -0.05) is 20.3 Å². The SMILES string of the molecule is COC(=O)C(CC(C)C)NC(=O)C1(C)CCCC1N. The van der Waals surface area contributed by atoms with Gasteiger partial charge in [0.2, 0.25) is 5.91 Å². The van der Waals surface area contributed by atoms with Crippen molar-refractivity contribution < 1.29 is 14.3 Å². The Kier molecular flexibility index (Phi) is 5.35. The molecule has 1 saturated carbocycles. The molecule has 0 bridgehead atoms. The van der Waals surface area contributed by atoms with Gasteiger partial charge in [-0.05, 0) is 32.1 Å². The van der Waals surface area contributed by atoms with Crippen LogP contribution in [-0.2, 0) is 14.3 Å². The van der Waals surface area contributed by atoms with Crippen molar-refractivity contribution >= 4 is 11.9 Å². The quantitative estimate of drug-likeness (QED) is 0.736. The van der Waals surface area contributed by atoms with Gasteiger partial charge in [-0.2, -0.15) is 0 Å². The zero-order valence-corrected chi connectivity index (χ0v) is 12.4. The van der Waals surface area contributed by atoms with Crippen LogP contribution in [0, 0.1) is 11.3 Å². The van der Waals surface area contributed by atoms with Crippen LogP contribution in [-0.4, -0.2) is 31.1 Å². The van der Waals surface area contributed by atoms with Gasteiger partial charge in [0, 0.05) is 6.04 Å². The number of esters is 1. The summed E-state index contributed by atoms with van der Waals surface area (Å²) < 4.78 is 4.75. The van der Waals surface area contributed by atoms with Gasteiger partial charge in [0.25, 0.3) is 0 Å². The fourth-order valence-electron chi connectivity index (χ4n) is 2.63. The van der Waals surface area contributed by atoms with Gasteiger partial charge >= 0.3 is 5.97 Å². The van der Waals surface area contributed by atoms with E-state index in [4.69, 9.17) is 10.5 Å². The molecule has 3 atom stereocenters. The van der Waals surface area contributed by atoms with E-state index in [0.29, 0.717) is 12.3 Å². The van der Waals surface area contributed by atoms with E-state index in [1.165, 1.54) is 7.11 Å². The standard InChI is InChI=1S/C14H26N2O3/c1-9(2)8-10(12(17)19-4)16-13(18)14(3)7-5-6-11(14)15/h9-11H,5-8,15H2,1-4H3,(H,16,18). The summed E-state index contributed by atoms with van der Waals surface area (Å²) in [5, 5.41) is 2.82. The van der Waals surface area contributed by atoms with Crippen molar-refractivity contribution in [3.8, 4) is 0 Å². The van der Waals surface area contributed by atoms with Gasteiger partial charge in [-0.25, -0.2) is 4.79 Å². The number of carbonyl (C=O) groups excluding carboxylic acids is 2. The number of nitrogens with two attached hydrogens (primary N) is 1. The van der Waals surface area contributed by atoms with Crippen molar-refractivity contribution in [2.45, 2.75) is 58.5 Å². The normalized spacial score (nSPS) is 28.2. The number of carbonyl (C=O) groups is 2. The van der Waals surface area contributed by atoms with E-state index in [1.807, 2.05) is 20.8 Å². The number of nitrogens with one attached hydrogen (secondary N) is 1. The summed E-state index contributed by atoms with van der Waals surface area (Å²) in [6.45, 7) is 5.89. The molecule has 110 valence electrons. The maximum atomic E-state index is 12.4. The van der Waals surface area contributed by atoms with Crippen molar-refractivity contribution in [1.29, 1.82) is 0 Å². The van der Waals surface area contributed by atoms with Gasteiger partial charge in [0.05, 0.1) is 12.5 Å². The molecular weight excluding hydrogens is 244 g/mol. The van der Waals surface area contributed by atoms with Crippen molar-refractivity contribution in [1.82, 2.24) is 5.32 Å². The van der Waals surface area contributed by atoms with Crippen LogP contribution < -0.4 is 11.1 Å². The summed E-state index contributed by atoms with van der Waals surface area (Å²) in [5.41, 5.74) is 5.46. The van der Waals surface area contributed by atoms with Crippen LogP contribution in [0.4, 0.5) is 0 Å². The number of methoxy groups -OCH3 is 1. The lowest BCUT2D eigenvalue weighted by molar-refractivity contribution is -0.147. The van der Waals surface area contributed by atoms with Crippen molar-refractivity contribution in [3.05, 3.63) is 0 Å². The highest BCUT2D eigenvalue weighted by atomic mass is 16.5. The van der Waals surface area contributed by atoms with Crippen LogP contribution in [0.3, 0.4) is 0 Å². The smallest absolute Gasteiger partial charge is 0.328 e. The molecule has 0 saturated heterocycles. The Balaban J connectivity index is 2.73. The molecule has 0 aromatic carbocycles. The summed E-state index contributed by atoms with van der Waals surface area (Å²) >= 11 is 0. The first kappa shape index (κ1) is 16.0. The van der Waals surface area contributed by atoms with Gasteiger partial charge in [0.1, 0.15) is 6.04 Å². The highest BCUT2D eigenvalue weighted by Gasteiger charge is 2.44. The van der Waals surface area contributed by atoms with Gasteiger partial charge in [0.15, 0.2) is 0 Å². The number of amides is 1. The summed E-state index contributed by atoms with van der Waals surface area (Å²) in [7, 11) is 1.34. The topological polar surface area (TPSA) is 81.4 Å². The molecule has 0 aromatic heterocycles. The van der Waals surface area contributed by atoms with E-state index in [9.17, 15) is 9.59 Å². The number of hydrogen-bond acceptors (Lipinski definition) is 4. The Morgan fingerprint density at radius 1 is 1.47 bits per heavy atom. The first-order valence-electron chi connectivity index (χ1n) is 6.95. The highest BCUT2D eigenvalue weighted by Crippen LogP contribution is 2.37. The Morgan fingerprint density at radius 3 is 2.53 bits per heavy atom. The molecule has 5 heteroatoms. The van der Waals surface area contributed by atoms with Crippen molar-refractivity contribution in [3.63, 3.8) is 0 Å². The Hall–Kier alpha value is -1.10. The minimum atomic E-state index is -0.581. The zero-order valence-electron chi connectivity index (χ0n) is 12.4. The van der Waals surface area contributed by atoms with Crippen LogP contribution in [0.15, 0.2) is 0 Å². The fraction of sp³-hybridized carbons (Fsp3) is 0.857. The molecule has 1 fully saturated rings. The molecule has 1 aliphatic carbocycles. The largest absolute Gasteiger partial charge is 0.467 e. The summed E-state index contributed by atoms with van der Waals surface area (Å²) in [5.74, 6) is -0.222. The number of hydrogen-bond donors (Lipinski definition) is 2. The predicted molar refractivity (Wildman–Crippen MR) is 73.3 cm³/mol. The van der Waals surface area contributed by atoms with Gasteiger partial charge in [-0.3, -0.25) is 4.79 Å². The van der Waals surface area contributed by atoms with E-state index >= 15 is 0 Å². The molecule has 0 aliphatic heterocycles. The first-order valence-corrected chi connectivity index (χ1v) is 6.95. The molecule has 3 N–H and O–H groups in total. The predicted octanol–water partition coefficient (Wildman–Crippen LogP) is 1.21. The molecule has 1 rings (SSSR count). The average molecular weight is 270 g/mol. The zero-order chi connectivity index (χ0) is 14.6. The molecule has 0 heterocycles. The van der Waals surface area contributed by atoms with Crippen LogP contribution in [0.25, 0.3) is 0 Å². The lowest BCUT2D eigenvalue weighted by atomic mass is 9.83. The minimum absolute atomic E-state index is 0.131. The van der Waals surface area contributed by atoms with E-state index in [-0.39, 0.29) is 11.9 Å². The summed E-state index contributed by atoms with van der Waals surface area (Å²) in [6, 6.07) is -0.716. The third kappa shape index (κ3) is 3.69. The second-order valence-electron chi connectivity index (χ2n) is 6.09. The third-order valence-electron chi connectivity index (χ3n) is 4.05. The third-order valence-corrected chi connectivity index (χ3v) is 4.05. The Bertz CT molecular complexity index is 344. The highest BCUT2D eigenvalue weighted by molar-refractivity contribution is 5.88. The van der Waals surface area contributed by atoms with E-state index in [0.717, 1.165) is 19.3 Å². The lowest BCUT2D eigenvalue weighted by Crippen LogP contribution is -2.52. The molecule has 0 spiro atoms. The Labute approximate surface area is 115 Å². The maximum absolute atomic E-state index is 12.4. The minimum Gasteiger partial charge on any atom is -0.467 e. The molecule has 3 unspecified atom stereocenters. The fourth-order valence-corrected chi connectivity index (χ4v) is 2.63. The lowest BCUT2D eigenvalue weighted by Gasteiger charge is -2.30. The van der Waals surface area contributed by atoms with E-state index < -0.39 is 17.4 Å². The second-order valence-corrected chi connectivity index (χ2v) is 6.09. The summed E-state index contributed by atoms with van der Waals surface area (Å²) in [6.07, 6.45) is 3.16. The van der Waals surface area contributed by atoms with Crippen molar-refractivity contribution in [2.75, 3.05) is 7.11 Å².